The maximum atomic E-state index is 2.49. The van der Waals surface area contributed by atoms with Crippen molar-refractivity contribution in [1.82, 2.24) is 4.90 Å². The fourth-order valence-corrected chi connectivity index (χ4v) is 2.55. The van der Waals surface area contributed by atoms with Gasteiger partial charge in [-0.25, -0.2) is 0 Å². The second-order valence-electron chi connectivity index (χ2n) is 4.97. The number of hydrogen-bond donors (Lipinski definition) is 0. The average molecular weight is 215 g/mol. The summed E-state index contributed by atoms with van der Waals surface area (Å²) in [6.07, 6.45) is 4.74. The third kappa shape index (κ3) is 2.53. The van der Waals surface area contributed by atoms with Crippen LogP contribution in [-0.4, -0.2) is 24.0 Å². The third-order valence-electron chi connectivity index (χ3n) is 3.62. The van der Waals surface area contributed by atoms with E-state index in [2.05, 4.69) is 62.2 Å². The monoisotopic (exact) mass is 215 g/mol. The summed E-state index contributed by atoms with van der Waals surface area (Å²) in [5, 5.41) is 0. The number of benzene rings is 1. The van der Waals surface area contributed by atoms with Crippen molar-refractivity contribution in [3.8, 4) is 0 Å². The van der Waals surface area contributed by atoms with Gasteiger partial charge in [0.1, 0.15) is 0 Å². The standard InChI is InChI=1S/C15H21N/c1-12-9-13(2)16(3)15(10-12)11-14-7-5-4-6-8-14/h4-9,13,15H,10-11H2,1-3H3. The van der Waals surface area contributed by atoms with Crippen molar-refractivity contribution in [3.63, 3.8) is 0 Å². The molecule has 16 heavy (non-hydrogen) atoms. The predicted molar refractivity (Wildman–Crippen MR) is 69.5 cm³/mol. The Bertz CT molecular complexity index is 366. The molecular weight excluding hydrogens is 194 g/mol. The Morgan fingerprint density at radius 3 is 2.62 bits per heavy atom. The fraction of sp³-hybridized carbons (Fsp3) is 0.467. The summed E-state index contributed by atoms with van der Waals surface area (Å²) in [6.45, 7) is 4.53. The Hall–Kier alpha value is -1.08. The van der Waals surface area contributed by atoms with Gasteiger partial charge in [0.15, 0.2) is 0 Å². The molecule has 2 atom stereocenters. The quantitative estimate of drug-likeness (QED) is 0.684. The topological polar surface area (TPSA) is 3.24 Å². The zero-order valence-corrected chi connectivity index (χ0v) is 10.5. The molecule has 0 bridgehead atoms. The van der Waals surface area contributed by atoms with Crippen molar-refractivity contribution in [2.75, 3.05) is 7.05 Å². The summed E-state index contributed by atoms with van der Waals surface area (Å²) in [7, 11) is 2.24. The molecule has 0 spiro atoms. The van der Waals surface area contributed by atoms with Crippen LogP contribution in [0.1, 0.15) is 25.8 Å². The van der Waals surface area contributed by atoms with Crippen molar-refractivity contribution in [2.45, 2.75) is 38.8 Å². The summed E-state index contributed by atoms with van der Waals surface area (Å²) >= 11 is 0. The predicted octanol–water partition coefficient (Wildman–Crippen LogP) is 3.27. The van der Waals surface area contributed by atoms with E-state index in [9.17, 15) is 0 Å². The zero-order chi connectivity index (χ0) is 11.5. The summed E-state index contributed by atoms with van der Waals surface area (Å²) in [4.78, 5) is 2.49. The molecule has 86 valence electrons. The van der Waals surface area contributed by atoms with Crippen LogP contribution in [-0.2, 0) is 6.42 Å². The zero-order valence-electron chi connectivity index (χ0n) is 10.5. The van der Waals surface area contributed by atoms with Gasteiger partial charge in [0, 0.05) is 12.1 Å². The minimum atomic E-state index is 0.572. The van der Waals surface area contributed by atoms with E-state index in [4.69, 9.17) is 0 Å². The molecule has 0 fully saturated rings. The molecule has 2 unspecified atom stereocenters. The van der Waals surface area contributed by atoms with Gasteiger partial charge in [-0.1, -0.05) is 42.0 Å². The Kier molecular flexibility index (Phi) is 3.45. The van der Waals surface area contributed by atoms with Gasteiger partial charge in [0.05, 0.1) is 0 Å². The molecule has 0 amide bonds. The highest BCUT2D eigenvalue weighted by Gasteiger charge is 2.23. The van der Waals surface area contributed by atoms with E-state index >= 15 is 0 Å². The molecule has 2 rings (SSSR count). The van der Waals surface area contributed by atoms with Gasteiger partial charge in [0.2, 0.25) is 0 Å². The molecule has 0 aliphatic carbocycles. The smallest absolute Gasteiger partial charge is 0.0252 e. The number of hydrogen-bond acceptors (Lipinski definition) is 1. The highest BCUT2D eigenvalue weighted by molar-refractivity contribution is 5.19. The van der Waals surface area contributed by atoms with Crippen LogP contribution in [0.5, 0.6) is 0 Å². The van der Waals surface area contributed by atoms with Crippen LogP contribution in [0.2, 0.25) is 0 Å². The first-order valence-electron chi connectivity index (χ1n) is 6.10. The van der Waals surface area contributed by atoms with Crippen LogP contribution < -0.4 is 0 Å². The molecule has 1 nitrogen and oxygen atoms in total. The lowest BCUT2D eigenvalue weighted by atomic mass is 9.93. The molecule has 0 aromatic heterocycles. The Morgan fingerprint density at radius 2 is 1.94 bits per heavy atom. The van der Waals surface area contributed by atoms with Gasteiger partial charge in [-0.2, -0.15) is 0 Å². The normalized spacial score (nSPS) is 26.6. The van der Waals surface area contributed by atoms with Crippen molar-refractivity contribution >= 4 is 0 Å². The molecule has 1 aliphatic heterocycles. The first-order valence-corrected chi connectivity index (χ1v) is 6.10. The number of likely N-dealkylation sites (N-methyl/N-ethyl adjacent to an activating group) is 1. The van der Waals surface area contributed by atoms with E-state index in [1.54, 1.807) is 0 Å². The molecule has 0 N–H and O–H groups in total. The highest BCUT2D eigenvalue weighted by atomic mass is 15.2. The minimum Gasteiger partial charge on any atom is -0.297 e. The van der Waals surface area contributed by atoms with Crippen LogP contribution in [0.3, 0.4) is 0 Å². The van der Waals surface area contributed by atoms with Crippen molar-refractivity contribution in [2.24, 2.45) is 0 Å². The van der Waals surface area contributed by atoms with Gasteiger partial charge in [-0.15, -0.1) is 0 Å². The molecule has 1 aromatic carbocycles. The first kappa shape index (κ1) is 11.4. The maximum absolute atomic E-state index is 2.49. The van der Waals surface area contributed by atoms with E-state index in [1.807, 2.05) is 0 Å². The Morgan fingerprint density at radius 1 is 1.25 bits per heavy atom. The van der Waals surface area contributed by atoms with E-state index in [0.717, 1.165) is 6.42 Å². The second-order valence-corrected chi connectivity index (χ2v) is 4.97. The van der Waals surface area contributed by atoms with Crippen LogP contribution in [0.15, 0.2) is 42.0 Å². The van der Waals surface area contributed by atoms with Gasteiger partial charge >= 0.3 is 0 Å². The fourth-order valence-electron chi connectivity index (χ4n) is 2.55. The lowest BCUT2D eigenvalue weighted by Crippen LogP contribution is -2.42. The van der Waals surface area contributed by atoms with Crippen LogP contribution in [0.25, 0.3) is 0 Å². The van der Waals surface area contributed by atoms with Gasteiger partial charge in [0.25, 0.3) is 0 Å². The molecule has 0 saturated carbocycles. The maximum Gasteiger partial charge on any atom is 0.0252 e. The lowest BCUT2D eigenvalue weighted by molar-refractivity contribution is 0.195. The SMILES string of the molecule is CC1=CC(C)N(C)C(Cc2ccccc2)C1. The second kappa shape index (κ2) is 4.84. The van der Waals surface area contributed by atoms with Crippen molar-refractivity contribution < 1.29 is 0 Å². The average Bonchev–Trinajstić information content (AvgIpc) is 2.27. The van der Waals surface area contributed by atoms with E-state index in [0.29, 0.717) is 12.1 Å². The largest absolute Gasteiger partial charge is 0.297 e. The third-order valence-corrected chi connectivity index (χ3v) is 3.62. The summed E-state index contributed by atoms with van der Waals surface area (Å²) in [5.74, 6) is 0. The van der Waals surface area contributed by atoms with Crippen LogP contribution in [0.4, 0.5) is 0 Å². The molecule has 1 heteroatoms. The van der Waals surface area contributed by atoms with Gasteiger partial charge in [-0.05, 0) is 39.3 Å². The van der Waals surface area contributed by atoms with E-state index in [1.165, 1.54) is 17.6 Å². The number of nitrogens with zero attached hydrogens (tertiary/aromatic N) is 1. The van der Waals surface area contributed by atoms with Gasteiger partial charge in [-0.3, -0.25) is 4.90 Å². The summed E-state index contributed by atoms with van der Waals surface area (Å²) in [6, 6.07) is 12.0. The van der Waals surface area contributed by atoms with Crippen LogP contribution in [0, 0.1) is 0 Å². The molecule has 1 aromatic rings. The van der Waals surface area contributed by atoms with Crippen LogP contribution >= 0.6 is 0 Å². The molecule has 1 heterocycles. The first-order chi connectivity index (χ1) is 7.66. The molecule has 0 radical (unpaired) electrons. The molecule has 0 saturated heterocycles. The molecular formula is C15H21N. The summed E-state index contributed by atoms with van der Waals surface area (Å²) < 4.78 is 0. The summed E-state index contributed by atoms with van der Waals surface area (Å²) in [5.41, 5.74) is 2.98. The van der Waals surface area contributed by atoms with Crippen molar-refractivity contribution in [1.29, 1.82) is 0 Å². The highest BCUT2D eigenvalue weighted by Crippen LogP contribution is 2.23. The molecule has 1 aliphatic rings. The Labute approximate surface area is 98.8 Å². The Balaban J connectivity index is 2.08. The van der Waals surface area contributed by atoms with E-state index < -0.39 is 0 Å². The van der Waals surface area contributed by atoms with E-state index in [-0.39, 0.29) is 0 Å². The number of rotatable bonds is 2. The lowest BCUT2D eigenvalue weighted by Gasteiger charge is -2.36. The van der Waals surface area contributed by atoms with Gasteiger partial charge < -0.3 is 0 Å². The minimum absolute atomic E-state index is 0.572. The van der Waals surface area contributed by atoms with Crippen molar-refractivity contribution in [3.05, 3.63) is 47.5 Å².